The van der Waals surface area contributed by atoms with Gasteiger partial charge >= 0.3 is 0 Å². The fraction of sp³-hybridized carbons (Fsp3) is 0.462. The van der Waals surface area contributed by atoms with Gasteiger partial charge in [-0.15, -0.1) is 10.2 Å². The molecule has 5 heteroatoms. The summed E-state index contributed by atoms with van der Waals surface area (Å²) in [7, 11) is 0. The summed E-state index contributed by atoms with van der Waals surface area (Å²) < 4.78 is 0. The van der Waals surface area contributed by atoms with Crippen LogP contribution >= 0.6 is 0 Å². The molecule has 1 atom stereocenters. The van der Waals surface area contributed by atoms with Crippen LogP contribution in [0, 0.1) is 0 Å². The van der Waals surface area contributed by atoms with Crippen LogP contribution in [-0.4, -0.2) is 20.6 Å². The van der Waals surface area contributed by atoms with Crippen molar-refractivity contribution in [2.24, 2.45) is 0 Å². The van der Waals surface area contributed by atoms with Crippen molar-refractivity contribution in [3.8, 4) is 0 Å². The zero-order chi connectivity index (χ0) is 12.4. The Morgan fingerprint density at radius 3 is 2.94 bits per heavy atom. The number of benzene rings is 1. The number of aromatic nitrogens is 4. The summed E-state index contributed by atoms with van der Waals surface area (Å²) in [6.45, 7) is 2.90. The number of aromatic amines is 1. The molecule has 18 heavy (non-hydrogen) atoms. The van der Waals surface area contributed by atoms with E-state index in [4.69, 9.17) is 0 Å². The molecule has 1 aromatic carbocycles. The van der Waals surface area contributed by atoms with E-state index in [0.717, 1.165) is 12.5 Å². The SMILES string of the molecule is CC(NCc1ccccc1C1CC1)c1nn[nH]n1. The largest absolute Gasteiger partial charge is 0.303 e. The van der Waals surface area contributed by atoms with Gasteiger partial charge in [-0.05, 0) is 36.8 Å². The standard InChI is InChI=1S/C13H17N5/c1-9(13-15-17-18-16-13)14-8-11-4-2-3-5-12(11)10-6-7-10/h2-5,9-10,14H,6-8H2,1H3,(H,15,16,17,18). The van der Waals surface area contributed by atoms with E-state index in [1.165, 1.54) is 24.0 Å². The molecular formula is C13H17N5. The second kappa shape index (κ2) is 4.86. The Morgan fingerprint density at radius 2 is 2.22 bits per heavy atom. The van der Waals surface area contributed by atoms with Crippen LogP contribution in [0.25, 0.3) is 0 Å². The van der Waals surface area contributed by atoms with E-state index < -0.39 is 0 Å². The second-order valence-corrected chi connectivity index (χ2v) is 4.85. The fourth-order valence-corrected chi connectivity index (χ4v) is 2.20. The van der Waals surface area contributed by atoms with Gasteiger partial charge in [0.2, 0.25) is 0 Å². The third-order valence-electron chi connectivity index (χ3n) is 3.42. The van der Waals surface area contributed by atoms with Gasteiger partial charge in [0, 0.05) is 6.54 Å². The Kier molecular flexibility index (Phi) is 3.06. The number of tetrazole rings is 1. The van der Waals surface area contributed by atoms with Gasteiger partial charge in [-0.3, -0.25) is 0 Å². The van der Waals surface area contributed by atoms with Gasteiger partial charge in [0.15, 0.2) is 5.82 Å². The molecule has 1 unspecified atom stereocenters. The topological polar surface area (TPSA) is 66.5 Å². The van der Waals surface area contributed by atoms with Crippen molar-refractivity contribution in [3.63, 3.8) is 0 Å². The van der Waals surface area contributed by atoms with E-state index in [1.54, 1.807) is 0 Å². The summed E-state index contributed by atoms with van der Waals surface area (Å²) in [5.74, 6) is 1.49. The molecule has 0 saturated heterocycles. The highest BCUT2D eigenvalue weighted by Gasteiger charge is 2.25. The third kappa shape index (κ3) is 2.41. The highest BCUT2D eigenvalue weighted by Crippen LogP contribution is 2.41. The molecule has 1 fully saturated rings. The average molecular weight is 243 g/mol. The van der Waals surface area contributed by atoms with Gasteiger partial charge in [0.25, 0.3) is 0 Å². The van der Waals surface area contributed by atoms with Crippen LogP contribution in [-0.2, 0) is 6.54 Å². The Labute approximate surface area is 106 Å². The molecule has 1 aliphatic carbocycles. The first-order chi connectivity index (χ1) is 8.84. The molecule has 1 aromatic heterocycles. The molecule has 0 spiro atoms. The van der Waals surface area contributed by atoms with Gasteiger partial charge in [0.1, 0.15) is 0 Å². The normalized spacial score (nSPS) is 16.7. The molecule has 2 aromatic rings. The van der Waals surface area contributed by atoms with E-state index in [0.29, 0.717) is 5.82 Å². The molecule has 3 rings (SSSR count). The maximum atomic E-state index is 3.99. The van der Waals surface area contributed by atoms with Crippen molar-refractivity contribution in [2.75, 3.05) is 0 Å². The third-order valence-corrected chi connectivity index (χ3v) is 3.42. The number of nitrogens with zero attached hydrogens (tertiary/aromatic N) is 3. The lowest BCUT2D eigenvalue weighted by molar-refractivity contribution is 0.545. The second-order valence-electron chi connectivity index (χ2n) is 4.85. The maximum Gasteiger partial charge on any atom is 0.191 e. The van der Waals surface area contributed by atoms with E-state index in [-0.39, 0.29) is 6.04 Å². The minimum absolute atomic E-state index is 0.107. The number of H-pyrrole nitrogens is 1. The zero-order valence-electron chi connectivity index (χ0n) is 10.4. The van der Waals surface area contributed by atoms with E-state index in [1.807, 2.05) is 6.92 Å². The van der Waals surface area contributed by atoms with E-state index in [2.05, 4.69) is 50.2 Å². The Morgan fingerprint density at radius 1 is 1.39 bits per heavy atom. The number of hydrogen-bond donors (Lipinski definition) is 2. The summed E-state index contributed by atoms with van der Waals surface area (Å²) in [6.07, 6.45) is 2.66. The van der Waals surface area contributed by atoms with Crippen LogP contribution in [0.2, 0.25) is 0 Å². The molecule has 5 nitrogen and oxygen atoms in total. The van der Waals surface area contributed by atoms with Crippen molar-refractivity contribution < 1.29 is 0 Å². The molecule has 94 valence electrons. The zero-order valence-corrected chi connectivity index (χ0v) is 10.4. The van der Waals surface area contributed by atoms with Crippen LogP contribution in [0.1, 0.15) is 48.7 Å². The van der Waals surface area contributed by atoms with Gasteiger partial charge in [-0.1, -0.05) is 29.5 Å². The van der Waals surface area contributed by atoms with E-state index in [9.17, 15) is 0 Å². The summed E-state index contributed by atoms with van der Waals surface area (Å²) in [5.41, 5.74) is 2.88. The molecule has 0 amide bonds. The van der Waals surface area contributed by atoms with Crippen molar-refractivity contribution in [1.29, 1.82) is 0 Å². The quantitative estimate of drug-likeness (QED) is 0.842. The molecular weight excluding hydrogens is 226 g/mol. The Bertz CT molecular complexity index is 504. The summed E-state index contributed by atoms with van der Waals surface area (Å²) in [6, 6.07) is 8.77. The van der Waals surface area contributed by atoms with Crippen LogP contribution in [0.3, 0.4) is 0 Å². The minimum atomic E-state index is 0.107. The predicted molar refractivity (Wildman–Crippen MR) is 67.8 cm³/mol. The predicted octanol–water partition coefficient (Wildman–Crippen LogP) is 1.93. The summed E-state index contributed by atoms with van der Waals surface area (Å²) in [4.78, 5) is 0. The molecule has 0 aliphatic heterocycles. The maximum absolute atomic E-state index is 3.99. The van der Waals surface area contributed by atoms with E-state index >= 15 is 0 Å². The molecule has 1 saturated carbocycles. The molecule has 1 aliphatic rings. The molecule has 0 radical (unpaired) electrons. The van der Waals surface area contributed by atoms with Crippen LogP contribution < -0.4 is 5.32 Å². The first-order valence-electron chi connectivity index (χ1n) is 6.39. The van der Waals surface area contributed by atoms with Crippen molar-refractivity contribution in [3.05, 3.63) is 41.2 Å². The Hall–Kier alpha value is -1.75. The fourth-order valence-electron chi connectivity index (χ4n) is 2.20. The number of nitrogens with one attached hydrogen (secondary N) is 2. The van der Waals surface area contributed by atoms with Crippen molar-refractivity contribution in [2.45, 2.75) is 38.3 Å². The first-order valence-corrected chi connectivity index (χ1v) is 6.39. The first kappa shape index (κ1) is 11.3. The van der Waals surface area contributed by atoms with Crippen LogP contribution in [0.15, 0.2) is 24.3 Å². The van der Waals surface area contributed by atoms with Gasteiger partial charge in [-0.2, -0.15) is 5.21 Å². The highest BCUT2D eigenvalue weighted by molar-refractivity contribution is 5.33. The Balaban J connectivity index is 1.66. The summed E-state index contributed by atoms with van der Waals surface area (Å²) >= 11 is 0. The van der Waals surface area contributed by atoms with Gasteiger partial charge in [0.05, 0.1) is 6.04 Å². The van der Waals surface area contributed by atoms with Crippen LogP contribution in [0.5, 0.6) is 0 Å². The lowest BCUT2D eigenvalue weighted by Crippen LogP contribution is -2.20. The smallest absolute Gasteiger partial charge is 0.191 e. The number of hydrogen-bond acceptors (Lipinski definition) is 4. The lowest BCUT2D eigenvalue weighted by atomic mass is 10.0. The lowest BCUT2D eigenvalue weighted by Gasteiger charge is -2.13. The van der Waals surface area contributed by atoms with Crippen molar-refractivity contribution >= 4 is 0 Å². The van der Waals surface area contributed by atoms with Crippen LogP contribution in [0.4, 0.5) is 0 Å². The monoisotopic (exact) mass is 243 g/mol. The van der Waals surface area contributed by atoms with Gasteiger partial charge < -0.3 is 5.32 Å². The summed E-state index contributed by atoms with van der Waals surface area (Å²) in [5, 5.41) is 17.5. The van der Waals surface area contributed by atoms with Gasteiger partial charge in [-0.25, -0.2) is 0 Å². The molecule has 1 heterocycles. The highest BCUT2D eigenvalue weighted by atomic mass is 15.5. The molecule has 2 N–H and O–H groups in total. The number of rotatable bonds is 5. The van der Waals surface area contributed by atoms with Crippen molar-refractivity contribution in [1.82, 2.24) is 25.9 Å². The minimum Gasteiger partial charge on any atom is -0.303 e. The molecule has 0 bridgehead atoms. The average Bonchev–Trinajstić information content (AvgIpc) is 3.10.